The number of amides is 1. The van der Waals surface area contributed by atoms with Crippen LogP contribution in [0.25, 0.3) is 11.0 Å². The lowest BCUT2D eigenvalue weighted by atomic mass is 10.2. The van der Waals surface area contributed by atoms with E-state index in [0.29, 0.717) is 29.4 Å². The lowest BCUT2D eigenvalue weighted by Crippen LogP contribution is -2.12. The first-order chi connectivity index (χ1) is 12.7. The summed E-state index contributed by atoms with van der Waals surface area (Å²) in [4.78, 5) is 19.8. The number of aromatic amines is 1. The largest absolute Gasteiger partial charge is 0.497 e. The van der Waals surface area contributed by atoms with Gasteiger partial charge >= 0.3 is 0 Å². The van der Waals surface area contributed by atoms with Gasteiger partial charge in [0.1, 0.15) is 5.75 Å². The Bertz CT molecular complexity index is 957. The number of rotatable bonds is 6. The van der Waals surface area contributed by atoms with Crippen molar-refractivity contribution < 1.29 is 19.0 Å². The van der Waals surface area contributed by atoms with E-state index in [1.54, 1.807) is 25.3 Å². The molecule has 1 aromatic heterocycles. The van der Waals surface area contributed by atoms with Crippen molar-refractivity contribution in [3.05, 3.63) is 36.4 Å². The van der Waals surface area contributed by atoms with Crippen molar-refractivity contribution in [1.82, 2.24) is 9.97 Å². The number of hydrogen-bond donors (Lipinski definition) is 2. The zero-order valence-corrected chi connectivity index (χ0v) is 14.9. The van der Waals surface area contributed by atoms with Crippen molar-refractivity contribution in [2.45, 2.75) is 11.6 Å². The Morgan fingerprint density at radius 2 is 2.15 bits per heavy atom. The van der Waals surface area contributed by atoms with Gasteiger partial charge in [-0.1, -0.05) is 11.8 Å². The minimum atomic E-state index is -0.0610. The Morgan fingerprint density at radius 3 is 3.04 bits per heavy atom. The van der Waals surface area contributed by atoms with Crippen molar-refractivity contribution >= 4 is 34.4 Å². The smallest absolute Gasteiger partial charge is 0.231 e. The quantitative estimate of drug-likeness (QED) is 0.646. The monoisotopic (exact) mass is 371 g/mol. The SMILES string of the molecule is COc1ccc2nc(SCCC(=O)Nc3ccc4c(c3)OCO4)[nH]c2c1. The fourth-order valence-electron chi connectivity index (χ4n) is 2.60. The molecule has 0 spiro atoms. The molecule has 1 aliphatic rings. The second-order valence-electron chi connectivity index (χ2n) is 5.64. The topological polar surface area (TPSA) is 85.5 Å². The number of nitrogens with zero attached hydrogens (tertiary/aromatic N) is 1. The second-order valence-corrected chi connectivity index (χ2v) is 6.72. The van der Waals surface area contributed by atoms with Crippen LogP contribution in [0.4, 0.5) is 5.69 Å². The first kappa shape index (κ1) is 16.6. The number of thioether (sulfide) groups is 1. The van der Waals surface area contributed by atoms with E-state index in [2.05, 4.69) is 15.3 Å². The molecule has 0 aliphatic carbocycles. The molecule has 0 fully saturated rings. The summed E-state index contributed by atoms with van der Waals surface area (Å²) in [5.41, 5.74) is 2.48. The molecule has 26 heavy (non-hydrogen) atoms. The highest BCUT2D eigenvalue weighted by atomic mass is 32.2. The van der Waals surface area contributed by atoms with E-state index in [9.17, 15) is 4.79 Å². The molecule has 0 saturated carbocycles. The fourth-order valence-corrected chi connectivity index (χ4v) is 3.42. The summed E-state index contributed by atoms with van der Waals surface area (Å²) in [5.74, 6) is 2.68. The van der Waals surface area contributed by atoms with E-state index >= 15 is 0 Å². The van der Waals surface area contributed by atoms with Gasteiger partial charge in [0.15, 0.2) is 16.7 Å². The Morgan fingerprint density at radius 1 is 1.27 bits per heavy atom. The first-order valence-corrected chi connectivity index (χ1v) is 9.06. The van der Waals surface area contributed by atoms with Gasteiger partial charge in [-0.2, -0.15) is 0 Å². The third-order valence-electron chi connectivity index (χ3n) is 3.89. The van der Waals surface area contributed by atoms with Crippen LogP contribution in [-0.2, 0) is 4.79 Å². The van der Waals surface area contributed by atoms with Gasteiger partial charge in [0, 0.05) is 30.0 Å². The van der Waals surface area contributed by atoms with E-state index in [0.717, 1.165) is 21.9 Å². The van der Waals surface area contributed by atoms with Crippen LogP contribution >= 0.6 is 11.8 Å². The van der Waals surface area contributed by atoms with E-state index in [-0.39, 0.29) is 12.7 Å². The number of carbonyl (C=O) groups is 1. The lowest BCUT2D eigenvalue weighted by Gasteiger charge is -2.05. The molecule has 0 radical (unpaired) electrons. The number of benzene rings is 2. The summed E-state index contributed by atoms with van der Waals surface area (Å²) in [6.07, 6.45) is 0.374. The number of aromatic nitrogens is 2. The molecular weight excluding hydrogens is 354 g/mol. The summed E-state index contributed by atoms with van der Waals surface area (Å²) in [7, 11) is 1.63. The second kappa shape index (κ2) is 7.17. The normalized spacial score (nSPS) is 12.3. The van der Waals surface area contributed by atoms with Crippen LogP contribution in [0.3, 0.4) is 0 Å². The van der Waals surface area contributed by atoms with Gasteiger partial charge in [-0.15, -0.1) is 0 Å². The number of hydrogen-bond acceptors (Lipinski definition) is 6. The Labute approximate surface area is 154 Å². The van der Waals surface area contributed by atoms with Gasteiger partial charge in [-0.05, 0) is 24.3 Å². The Hall–Kier alpha value is -2.87. The predicted molar refractivity (Wildman–Crippen MR) is 99.2 cm³/mol. The summed E-state index contributed by atoms with van der Waals surface area (Å²) in [6, 6.07) is 11.0. The van der Waals surface area contributed by atoms with Crippen LogP contribution in [0.2, 0.25) is 0 Å². The average molecular weight is 371 g/mol. The van der Waals surface area contributed by atoms with Gasteiger partial charge in [-0.25, -0.2) is 4.98 Å². The highest BCUT2D eigenvalue weighted by Gasteiger charge is 2.14. The van der Waals surface area contributed by atoms with Crippen LogP contribution < -0.4 is 19.5 Å². The number of methoxy groups -OCH3 is 1. The van der Waals surface area contributed by atoms with Crippen molar-refractivity contribution in [2.75, 3.05) is 25.0 Å². The molecule has 8 heteroatoms. The van der Waals surface area contributed by atoms with E-state index in [1.807, 2.05) is 18.2 Å². The summed E-state index contributed by atoms with van der Waals surface area (Å²) < 4.78 is 15.8. The zero-order valence-electron chi connectivity index (χ0n) is 14.1. The molecule has 2 aromatic carbocycles. The fraction of sp³-hybridized carbons (Fsp3) is 0.222. The highest BCUT2D eigenvalue weighted by Crippen LogP contribution is 2.34. The van der Waals surface area contributed by atoms with Gasteiger partial charge < -0.3 is 24.5 Å². The minimum Gasteiger partial charge on any atom is -0.497 e. The summed E-state index contributed by atoms with van der Waals surface area (Å²) in [6.45, 7) is 0.215. The third kappa shape index (κ3) is 3.55. The van der Waals surface area contributed by atoms with E-state index < -0.39 is 0 Å². The Balaban J connectivity index is 1.30. The number of imidazole rings is 1. The molecule has 3 aromatic rings. The molecule has 0 saturated heterocycles. The number of carbonyl (C=O) groups excluding carboxylic acids is 1. The van der Waals surface area contributed by atoms with Gasteiger partial charge in [0.05, 0.1) is 18.1 Å². The number of ether oxygens (including phenoxy) is 3. The molecule has 2 heterocycles. The van der Waals surface area contributed by atoms with E-state index in [4.69, 9.17) is 14.2 Å². The van der Waals surface area contributed by atoms with Gasteiger partial charge in [-0.3, -0.25) is 4.79 Å². The number of nitrogens with one attached hydrogen (secondary N) is 2. The minimum absolute atomic E-state index is 0.0610. The maximum atomic E-state index is 12.1. The standard InChI is InChI=1S/C18H17N3O4S/c1-23-12-3-4-13-14(9-12)21-18(20-13)26-7-6-17(22)19-11-2-5-15-16(8-11)25-10-24-15/h2-5,8-9H,6-7,10H2,1H3,(H,19,22)(H,20,21). The molecule has 134 valence electrons. The predicted octanol–water partition coefficient (Wildman–Crippen LogP) is 3.42. The van der Waals surface area contributed by atoms with Crippen LogP contribution in [-0.4, -0.2) is 35.5 Å². The van der Waals surface area contributed by atoms with Crippen molar-refractivity contribution in [3.8, 4) is 17.2 Å². The molecular formula is C18H17N3O4S. The van der Waals surface area contributed by atoms with Gasteiger partial charge in [0.25, 0.3) is 0 Å². The van der Waals surface area contributed by atoms with Crippen LogP contribution in [0.15, 0.2) is 41.6 Å². The van der Waals surface area contributed by atoms with E-state index in [1.165, 1.54) is 11.8 Å². The average Bonchev–Trinajstić information content (AvgIpc) is 3.26. The van der Waals surface area contributed by atoms with Crippen LogP contribution in [0.1, 0.15) is 6.42 Å². The number of anilines is 1. The maximum absolute atomic E-state index is 12.1. The molecule has 0 bridgehead atoms. The summed E-state index contributed by atoms with van der Waals surface area (Å²) >= 11 is 1.51. The maximum Gasteiger partial charge on any atom is 0.231 e. The van der Waals surface area contributed by atoms with Crippen molar-refractivity contribution in [1.29, 1.82) is 0 Å². The highest BCUT2D eigenvalue weighted by molar-refractivity contribution is 7.99. The van der Waals surface area contributed by atoms with Crippen LogP contribution in [0, 0.1) is 0 Å². The van der Waals surface area contributed by atoms with Gasteiger partial charge in [0.2, 0.25) is 12.7 Å². The lowest BCUT2D eigenvalue weighted by molar-refractivity contribution is -0.115. The first-order valence-electron chi connectivity index (χ1n) is 8.07. The van der Waals surface area contributed by atoms with Crippen molar-refractivity contribution in [3.63, 3.8) is 0 Å². The molecule has 7 nitrogen and oxygen atoms in total. The molecule has 4 rings (SSSR count). The van der Waals surface area contributed by atoms with Crippen molar-refractivity contribution in [2.24, 2.45) is 0 Å². The molecule has 0 atom stereocenters. The molecule has 2 N–H and O–H groups in total. The molecule has 0 unspecified atom stereocenters. The Kier molecular flexibility index (Phi) is 4.57. The van der Waals surface area contributed by atoms with Crippen LogP contribution in [0.5, 0.6) is 17.2 Å². The third-order valence-corrected chi connectivity index (χ3v) is 4.77. The number of fused-ring (bicyclic) bond motifs is 2. The molecule has 1 amide bonds. The number of H-pyrrole nitrogens is 1. The molecule has 1 aliphatic heterocycles. The zero-order chi connectivity index (χ0) is 17.9. The summed E-state index contributed by atoms with van der Waals surface area (Å²) in [5, 5.41) is 3.65.